The van der Waals surface area contributed by atoms with Gasteiger partial charge in [-0.2, -0.15) is 0 Å². The molecule has 0 bridgehead atoms. The zero-order valence-electron chi connectivity index (χ0n) is 78.2. The van der Waals surface area contributed by atoms with Crippen LogP contribution in [0.3, 0.4) is 0 Å². The fraction of sp³-hybridized carbons (Fsp3) is 0.207. The molecule has 718 valence electrons. The number of aliphatic carboxylic acids is 2. The van der Waals surface area contributed by atoms with Crippen LogP contribution in [0.4, 0.5) is 5.69 Å². The van der Waals surface area contributed by atoms with Crippen molar-refractivity contribution < 1.29 is 123 Å². The van der Waals surface area contributed by atoms with Gasteiger partial charge in [0.05, 0.1) is 77.5 Å². The molecule has 0 radical (unpaired) electrons. The number of methoxy groups -OCH3 is 2. The first kappa shape index (κ1) is 116. The summed E-state index contributed by atoms with van der Waals surface area (Å²) in [5, 5.41) is 94.1. The Balaban J connectivity index is 0.000000511. The summed E-state index contributed by atoms with van der Waals surface area (Å²) in [6, 6.07) is 86.5. The third-order valence-electron chi connectivity index (χ3n) is 18.9. The first-order chi connectivity index (χ1) is 65.3. The van der Waals surface area contributed by atoms with Gasteiger partial charge in [-0.15, -0.1) is 0 Å². The van der Waals surface area contributed by atoms with Crippen LogP contribution in [0.25, 0.3) is 28.1 Å². The van der Waals surface area contributed by atoms with Crippen LogP contribution in [0, 0.1) is 13.5 Å². The van der Waals surface area contributed by atoms with Gasteiger partial charge in [-0.05, 0) is 241 Å². The second kappa shape index (κ2) is 66.5. The number of ether oxygens (including phenoxy) is 3. The summed E-state index contributed by atoms with van der Waals surface area (Å²) in [6.07, 6.45) is 18.5. The molecule has 0 aliphatic heterocycles. The molecule has 12 aromatic carbocycles. The van der Waals surface area contributed by atoms with Crippen LogP contribution in [0.5, 0.6) is 17.2 Å². The lowest BCUT2D eigenvalue weighted by Gasteiger charge is -2.18. The predicted octanol–water partition coefficient (Wildman–Crippen LogP) is 25.1. The van der Waals surface area contributed by atoms with Crippen molar-refractivity contribution in [2.45, 2.75) is 131 Å². The maximum atomic E-state index is 10.7. The molecular formula is C111H119NO25. The largest absolute Gasteiger partial charge is 0.497 e. The van der Waals surface area contributed by atoms with Gasteiger partial charge in [0.15, 0.2) is 5.69 Å². The lowest BCUT2D eigenvalue weighted by Crippen LogP contribution is -2.11. The fourth-order valence-corrected chi connectivity index (χ4v) is 11.1. The number of carboxylic acids is 11. The second-order valence-corrected chi connectivity index (χ2v) is 30.3. The third-order valence-corrected chi connectivity index (χ3v) is 18.9. The number of carbonyl (C=O) groups is 11. The zero-order valence-corrected chi connectivity index (χ0v) is 78.2. The molecule has 12 aromatic rings. The van der Waals surface area contributed by atoms with Gasteiger partial charge in [0.2, 0.25) is 0 Å². The predicted molar refractivity (Wildman–Crippen MR) is 531 cm³/mol. The minimum atomic E-state index is -0.971. The molecule has 11 N–H and O–H groups in total. The molecule has 0 fully saturated rings. The highest BCUT2D eigenvalue weighted by molar-refractivity contribution is 5.92. The number of aryl methyl sites for hydroxylation is 4. The molecule has 0 unspecified atom stereocenters. The number of benzene rings is 12. The number of rotatable bonds is 29. The van der Waals surface area contributed by atoms with E-state index in [1.165, 1.54) is 118 Å². The molecule has 137 heavy (non-hydrogen) atoms. The molecule has 0 aliphatic carbocycles. The van der Waals surface area contributed by atoms with Crippen molar-refractivity contribution in [3.63, 3.8) is 0 Å². The van der Waals surface area contributed by atoms with Gasteiger partial charge in [-0.3, -0.25) is 0 Å². The Bertz CT molecular complexity index is 5660. The quantitative estimate of drug-likeness (QED) is 0.0118. The fourth-order valence-electron chi connectivity index (χ4n) is 11.1. The summed E-state index contributed by atoms with van der Waals surface area (Å²) >= 11 is 0. The van der Waals surface area contributed by atoms with Crippen molar-refractivity contribution in [3.05, 3.63) is 416 Å². The molecule has 0 spiro atoms. The van der Waals surface area contributed by atoms with E-state index in [2.05, 4.69) is 39.5 Å². The Morgan fingerprint density at radius 2 is 0.584 bits per heavy atom. The number of hydrogen-bond acceptors (Lipinski definition) is 14. The molecule has 0 aromatic heterocycles. The molecule has 0 saturated heterocycles. The Labute approximate surface area is 798 Å². The van der Waals surface area contributed by atoms with Gasteiger partial charge in [-0.1, -0.05) is 255 Å². The van der Waals surface area contributed by atoms with Gasteiger partial charge in [0.25, 0.3) is 0 Å². The van der Waals surface area contributed by atoms with E-state index in [-0.39, 0.29) is 22.1 Å². The van der Waals surface area contributed by atoms with Crippen molar-refractivity contribution in [2.75, 3.05) is 20.8 Å². The highest BCUT2D eigenvalue weighted by Gasteiger charge is 2.15. The van der Waals surface area contributed by atoms with Crippen molar-refractivity contribution in [2.24, 2.45) is 0 Å². The van der Waals surface area contributed by atoms with E-state index in [0.717, 1.165) is 82.5 Å². The average molecular weight is 1870 g/mol. The van der Waals surface area contributed by atoms with Crippen LogP contribution in [0.2, 0.25) is 0 Å². The summed E-state index contributed by atoms with van der Waals surface area (Å²) in [4.78, 5) is 118. The summed E-state index contributed by atoms with van der Waals surface area (Å²) in [5.41, 5.74) is 13.1. The zero-order chi connectivity index (χ0) is 102. The van der Waals surface area contributed by atoms with Gasteiger partial charge in [0.1, 0.15) is 17.2 Å². The van der Waals surface area contributed by atoms with Crippen molar-refractivity contribution in [3.8, 4) is 28.4 Å². The van der Waals surface area contributed by atoms with Crippen molar-refractivity contribution in [1.29, 1.82) is 0 Å². The van der Waals surface area contributed by atoms with Crippen LogP contribution >= 0.6 is 0 Å². The van der Waals surface area contributed by atoms with E-state index in [4.69, 9.17) is 77.0 Å². The van der Waals surface area contributed by atoms with E-state index in [1.54, 1.807) is 147 Å². The van der Waals surface area contributed by atoms with Crippen molar-refractivity contribution in [1.82, 2.24) is 0 Å². The standard InChI is InChI=1S/C15H22O2.C13H10O2.2C11H14O2.C10H10O3.C9H10O3.C9H10O2.C9H8O2.C8H5NO2.C8H8O3.C8H8O2/c1-2-3-4-5-6-7-8-13-9-11-14(12-10-13)15(16)17;14-13(15)12-8-6-11(7-9-12)10-4-2-1-3-5-10;1-11(2,3)9-6-4-8(5-7-9)10(12)13;1-2-3-4-9-5-7-10(8-6-9)11(12)13;1-13-9-5-2-8(3-6-9)4-7-10(11)12;1-2-12-8-5-3-7(4-6-8)9(10)11;1-2-7-3-5-8(6-4-7)9(10)11;10-9(11)7-6-8-4-2-1-3-5-8;1-9-7-4-2-6(3-5-7)8(10)11;1-11-7-4-2-6(3-5-7)8(9)10;1-6-2-4-7(5-3-6)8(9)10/h9-12H,2-8H2,1H3,(H,16,17);1-9H,(H,14,15);4-7H,1-3H3,(H,12,13);5-8H,2-4H2,1H3,(H,12,13);2-7H,1H3,(H,11,12);3-6H,2H2,1H3,(H,10,11);3-6H,2H2,1H3,(H,10,11);1-7H,(H,10,11);2-5H,(H,10,11);2-5H,1H3,(H,9,10);2-5H,1H3,(H,9,10)/b;;;;7-4+;;;7-6+;;;. The Hall–Kier alpha value is -16.8. The maximum Gasteiger partial charge on any atom is 0.335 e. The highest BCUT2D eigenvalue weighted by Crippen LogP contribution is 2.24. The molecule has 26 nitrogen and oxygen atoms in total. The number of unbranched alkanes of at least 4 members (excludes halogenated alkanes) is 6. The van der Waals surface area contributed by atoms with Gasteiger partial charge in [0, 0.05) is 12.2 Å². The minimum Gasteiger partial charge on any atom is -0.497 e. The smallest absolute Gasteiger partial charge is 0.335 e. The van der Waals surface area contributed by atoms with E-state index in [0.29, 0.717) is 57.2 Å². The Morgan fingerprint density at radius 1 is 0.307 bits per heavy atom. The van der Waals surface area contributed by atoms with E-state index >= 15 is 0 Å². The SMILES string of the molecule is CC(C)(C)c1ccc(C(=O)O)cc1.CCCCCCCCc1ccc(C(=O)O)cc1.CCCCc1ccc(C(=O)O)cc1.CCOc1ccc(C(=O)O)cc1.CCc1ccc(C(=O)O)cc1.COc1ccc(/C=C/C(=O)O)cc1.COc1ccc(C(=O)O)cc1.Cc1ccc(C(=O)O)cc1.O=C(O)/C=C/c1ccccc1.O=C(O)c1ccc(-c2ccccc2)cc1.[C-]#[N+]c1ccc(C(=O)O)cc1. The molecule has 0 amide bonds. The number of nitrogens with zero attached hydrogens (tertiary/aromatic N) is 1. The van der Waals surface area contributed by atoms with Crippen LogP contribution in [0.15, 0.2) is 315 Å². The summed E-state index contributed by atoms with van der Waals surface area (Å²) in [6.45, 7) is 23.7. The molecule has 0 atom stereocenters. The van der Waals surface area contributed by atoms with E-state index in [9.17, 15) is 52.7 Å². The summed E-state index contributed by atoms with van der Waals surface area (Å²) in [5.74, 6) is -7.79. The van der Waals surface area contributed by atoms with Crippen LogP contribution < -0.4 is 14.2 Å². The highest BCUT2D eigenvalue weighted by atomic mass is 16.5. The number of carboxylic acid groups (broad SMARTS) is 11. The molecule has 0 aliphatic rings. The van der Waals surface area contributed by atoms with E-state index in [1.807, 2.05) is 142 Å². The summed E-state index contributed by atoms with van der Waals surface area (Å²) in [7, 11) is 3.12. The second-order valence-electron chi connectivity index (χ2n) is 30.3. The average Bonchev–Trinajstić information content (AvgIpc) is 0.849. The first-order valence-electron chi connectivity index (χ1n) is 43.4. The van der Waals surface area contributed by atoms with E-state index < -0.39 is 65.7 Å². The lowest BCUT2D eigenvalue weighted by molar-refractivity contribution is -0.132. The molecule has 12 rings (SSSR count). The van der Waals surface area contributed by atoms with Gasteiger partial charge in [-0.25, -0.2) is 57.6 Å². The van der Waals surface area contributed by atoms with Gasteiger partial charge >= 0.3 is 65.7 Å². The van der Waals surface area contributed by atoms with Crippen LogP contribution in [-0.2, 0) is 34.3 Å². The van der Waals surface area contributed by atoms with Crippen LogP contribution in [0.1, 0.15) is 232 Å². The molecular weight excluding hydrogens is 1750 g/mol. The number of hydrogen-bond donors (Lipinski definition) is 11. The first-order valence-corrected chi connectivity index (χ1v) is 43.4. The summed E-state index contributed by atoms with van der Waals surface area (Å²) < 4.78 is 15.0. The van der Waals surface area contributed by atoms with Gasteiger partial charge < -0.3 is 70.4 Å². The minimum absolute atomic E-state index is 0.0804. The Kier molecular flexibility index (Phi) is 56.4. The number of aromatic carboxylic acids is 9. The normalized spacial score (nSPS) is 9.88. The molecule has 26 heteroatoms. The van der Waals surface area contributed by atoms with Crippen LogP contribution in [-0.4, -0.2) is 143 Å². The lowest BCUT2D eigenvalue weighted by atomic mass is 9.87. The van der Waals surface area contributed by atoms with Crippen molar-refractivity contribution >= 4 is 83.5 Å². The molecule has 0 saturated carbocycles. The monoisotopic (exact) mass is 1870 g/mol. The maximum absolute atomic E-state index is 10.7. The molecule has 0 heterocycles. The topological polar surface area (TPSA) is 442 Å². The Morgan fingerprint density at radius 3 is 0.905 bits per heavy atom. The third kappa shape index (κ3) is 51.5.